The van der Waals surface area contributed by atoms with Crippen LogP contribution in [0.2, 0.25) is 0 Å². The first-order valence-electron chi connectivity index (χ1n) is 8.77. The maximum absolute atomic E-state index is 12.5. The van der Waals surface area contributed by atoms with E-state index in [0.717, 1.165) is 22.5 Å². The molecule has 0 fully saturated rings. The molecular weight excluding hydrogens is 354 g/mol. The number of hydrogen-bond acceptors (Lipinski definition) is 5. The van der Waals surface area contributed by atoms with Crippen LogP contribution in [0.5, 0.6) is 0 Å². The Hall–Kier alpha value is -3.81. The number of nitrogens with zero attached hydrogens (tertiary/aromatic N) is 6. The third-order valence-electron chi connectivity index (χ3n) is 4.43. The molecular formula is C20H19N7O. The van der Waals surface area contributed by atoms with E-state index in [-0.39, 0.29) is 5.91 Å². The van der Waals surface area contributed by atoms with Crippen LogP contribution < -0.4 is 5.32 Å². The molecule has 0 saturated carbocycles. The third-order valence-corrected chi connectivity index (χ3v) is 4.43. The van der Waals surface area contributed by atoms with E-state index in [2.05, 4.69) is 25.4 Å². The van der Waals surface area contributed by atoms with E-state index >= 15 is 0 Å². The average molecular weight is 373 g/mol. The number of aryl methyl sites for hydroxylation is 2. The Morgan fingerprint density at radius 1 is 1.04 bits per heavy atom. The lowest BCUT2D eigenvalue weighted by Crippen LogP contribution is -2.25. The van der Waals surface area contributed by atoms with Crippen LogP contribution in [0.1, 0.15) is 16.2 Å². The third kappa shape index (κ3) is 3.52. The number of amides is 1. The molecule has 0 spiro atoms. The van der Waals surface area contributed by atoms with E-state index in [4.69, 9.17) is 0 Å². The number of pyridine rings is 1. The molecule has 8 nitrogen and oxygen atoms in total. The van der Waals surface area contributed by atoms with E-state index in [1.54, 1.807) is 34.0 Å². The number of nitrogens with one attached hydrogen (secondary N) is 1. The Kier molecular flexibility index (Phi) is 4.67. The van der Waals surface area contributed by atoms with Crippen LogP contribution in [0.15, 0.2) is 61.3 Å². The first-order chi connectivity index (χ1) is 13.6. The Balaban J connectivity index is 1.51. The van der Waals surface area contributed by atoms with Crippen LogP contribution in [0.25, 0.3) is 22.6 Å². The molecule has 4 rings (SSSR count). The monoisotopic (exact) mass is 373 g/mol. The molecule has 1 N–H and O–H groups in total. The minimum Gasteiger partial charge on any atom is -0.346 e. The lowest BCUT2D eigenvalue weighted by molar-refractivity contribution is 0.0942. The summed E-state index contributed by atoms with van der Waals surface area (Å²) in [5, 5.41) is 7.02. The molecule has 28 heavy (non-hydrogen) atoms. The molecule has 4 aromatic rings. The van der Waals surface area contributed by atoms with Gasteiger partial charge in [-0.25, -0.2) is 9.97 Å². The Bertz CT molecular complexity index is 1100. The first kappa shape index (κ1) is 17.6. The van der Waals surface area contributed by atoms with E-state index in [1.807, 2.05) is 50.6 Å². The molecule has 0 unspecified atom stereocenters. The van der Waals surface area contributed by atoms with Crippen molar-refractivity contribution < 1.29 is 4.79 Å². The van der Waals surface area contributed by atoms with Crippen molar-refractivity contribution in [3.8, 4) is 22.6 Å². The summed E-state index contributed by atoms with van der Waals surface area (Å²) in [6.45, 7) is 0.378. The van der Waals surface area contributed by atoms with Gasteiger partial charge < -0.3 is 9.88 Å². The van der Waals surface area contributed by atoms with Gasteiger partial charge in [0.1, 0.15) is 11.4 Å². The molecule has 0 aliphatic rings. The highest BCUT2D eigenvalue weighted by atomic mass is 16.1. The van der Waals surface area contributed by atoms with Crippen molar-refractivity contribution in [3.05, 3.63) is 72.7 Å². The van der Waals surface area contributed by atoms with Crippen molar-refractivity contribution in [3.63, 3.8) is 0 Å². The zero-order valence-corrected chi connectivity index (χ0v) is 15.6. The second-order valence-electron chi connectivity index (χ2n) is 6.36. The summed E-state index contributed by atoms with van der Waals surface area (Å²) < 4.78 is 3.51. The molecule has 8 heteroatoms. The maximum Gasteiger partial charge on any atom is 0.268 e. The number of carbonyl (C=O) groups excluding carboxylic acids is 1. The van der Waals surface area contributed by atoms with Gasteiger partial charge in [-0.15, -0.1) is 0 Å². The molecule has 0 saturated heterocycles. The van der Waals surface area contributed by atoms with E-state index < -0.39 is 0 Å². The molecule has 0 radical (unpaired) electrons. The smallest absolute Gasteiger partial charge is 0.268 e. The Labute approximate surface area is 161 Å². The lowest BCUT2D eigenvalue weighted by atomic mass is 10.2. The first-order valence-corrected chi connectivity index (χ1v) is 8.77. The van der Waals surface area contributed by atoms with Crippen LogP contribution in [0.3, 0.4) is 0 Å². The summed E-state index contributed by atoms with van der Waals surface area (Å²) in [6.07, 6.45) is 8.80. The average Bonchev–Trinajstić information content (AvgIpc) is 3.33. The van der Waals surface area contributed by atoms with Gasteiger partial charge in [-0.1, -0.05) is 6.07 Å². The van der Waals surface area contributed by atoms with Crippen molar-refractivity contribution in [1.82, 2.24) is 34.6 Å². The Morgan fingerprint density at radius 2 is 1.86 bits per heavy atom. The number of carbonyl (C=O) groups is 1. The van der Waals surface area contributed by atoms with E-state index in [0.29, 0.717) is 18.1 Å². The van der Waals surface area contributed by atoms with Crippen LogP contribution >= 0.6 is 0 Å². The lowest BCUT2D eigenvalue weighted by Gasteiger charge is -2.05. The van der Waals surface area contributed by atoms with Crippen LogP contribution in [0.4, 0.5) is 0 Å². The fourth-order valence-electron chi connectivity index (χ4n) is 2.91. The minimum atomic E-state index is -0.160. The number of hydrogen-bond donors (Lipinski definition) is 1. The molecule has 0 aromatic carbocycles. The van der Waals surface area contributed by atoms with Gasteiger partial charge in [-0.2, -0.15) is 5.10 Å². The molecule has 0 atom stereocenters. The molecule has 4 heterocycles. The summed E-state index contributed by atoms with van der Waals surface area (Å²) in [4.78, 5) is 25.6. The predicted molar refractivity (Wildman–Crippen MR) is 104 cm³/mol. The van der Waals surface area contributed by atoms with E-state index in [1.165, 1.54) is 0 Å². The van der Waals surface area contributed by atoms with Crippen molar-refractivity contribution in [1.29, 1.82) is 0 Å². The maximum atomic E-state index is 12.5. The highest BCUT2D eigenvalue weighted by molar-refractivity contribution is 5.94. The molecule has 140 valence electrons. The van der Waals surface area contributed by atoms with Gasteiger partial charge in [0, 0.05) is 56.2 Å². The van der Waals surface area contributed by atoms with Gasteiger partial charge in [0.05, 0.1) is 12.2 Å². The summed E-state index contributed by atoms with van der Waals surface area (Å²) in [7, 11) is 3.68. The van der Waals surface area contributed by atoms with Gasteiger partial charge in [0.25, 0.3) is 5.91 Å². The fraction of sp³-hybridized carbons (Fsp3) is 0.150. The highest BCUT2D eigenvalue weighted by Gasteiger charge is 2.14. The number of aromatic nitrogens is 6. The minimum absolute atomic E-state index is 0.160. The normalized spacial score (nSPS) is 10.8. The van der Waals surface area contributed by atoms with Crippen molar-refractivity contribution in [2.75, 3.05) is 0 Å². The molecule has 0 aliphatic carbocycles. The van der Waals surface area contributed by atoms with Crippen LogP contribution in [0, 0.1) is 0 Å². The van der Waals surface area contributed by atoms with Crippen molar-refractivity contribution >= 4 is 5.91 Å². The number of rotatable bonds is 5. The molecule has 0 bridgehead atoms. The van der Waals surface area contributed by atoms with Crippen molar-refractivity contribution in [2.24, 2.45) is 14.1 Å². The van der Waals surface area contributed by atoms with Crippen LogP contribution in [-0.2, 0) is 20.6 Å². The fourth-order valence-corrected chi connectivity index (χ4v) is 2.91. The Morgan fingerprint density at radius 3 is 2.54 bits per heavy atom. The van der Waals surface area contributed by atoms with Gasteiger partial charge >= 0.3 is 0 Å². The topological polar surface area (TPSA) is 90.5 Å². The van der Waals surface area contributed by atoms with Gasteiger partial charge in [-0.3, -0.25) is 14.5 Å². The van der Waals surface area contributed by atoms with Gasteiger partial charge in [-0.05, 0) is 24.3 Å². The van der Waals surface area contributed by atoms with Gasteiger partial charge in [0.2, 0.25) is 0 Å². The van der Waals surface area contributed by atoms with E-state index in [9.17, 15) is 4.79 Å². The zero-order chi connectivity index (χ0) is 19.5. The molecule has 0 aliphatic heterocycles. The SMILES string of the molecule is Cn1cc(-c2cnc(-c3ccnn3C)nc2)cc1C(=O)NCc1ccccn1. The summed E-state index contributed by atoms with van der Waals surface area (Å²) in [5.74, 6) is 0.444. The summed E-state index contributed by atoms with van der Waals surface area (Å²) >= 11 is 0. The second kappa shape index (κ2) is 7.43. The van der Waals surface area contributed by atoms with Gasteiger partial charge in [0.15, 0.2) is 5.82 Å². The quantitative estimate of drug-likeness (QED) is 0.579. The standard InChI is InChI=1S/C20H19N7O/c1-26-13-14(9-18(26)20(28)24-12-16-5-3-4-7-21-16)15-10-22-19(23-11-15)17-6-8-25-27(17)2/h3-11,13H,12H2,1-2H3,(H,24,28). The summed E-state index contributed by atoms with van der Waals surface area (Å²) in [5.41, 5.74) is 3.92. The molecule has 1 amide bonds. The second-order valence-corrected chi connectivity index (χ2v) is 6.36. The van der Waals surface area contributed by atoms with Crippen molar-refractivity contribution in [2.45, 2.75) is 6.54 Å². The van der Waals surface area contributed by atoms with Crippen LogP contribution in [-0.4, -0.2) is 35.2 Å². The zero-order valence-electron chi connectivity index (χ0n) is 15.6. The summed E-state index contributed by atoms with van der Waals surface area (Å²) in [6, 6.07) is 9.30. The largest absolute Gasteiger partial charge is 0.346 e. The molecule has 4 aromatic heterocycles. The predicted octanol–water partition coefficient (Wildman–Crippen LogP) is 2.21. The highest BCUT2D eigenvalue weighted by Crippen LogP contribution is 2.22.